The van der Waals surface area contributed by atoms with Crippen LogP contribution in [0.15, 0.2) is 36.4 Å². The number of benzene rings is 2. The van der Waals surface area contributed by atoms with Crippen LogP contribution >= 0.6 is 11.6 Å². The Labute approximate surface area is 146 Å². The minimum Gasteiger partial charge on any atom is -0.493 e. The molecule has 1 atom stereocenters. The van der Waals surface area contributed by atoms with E-state index in [4.69, 9.17) is 30.5 Å². The maximum atomic E-state index is 12.4. The Balaban J connectivity index is 2.24. The van der Waals surface area contributed by atoms with E-state index in [1.807, 2.05) is 12.1 Å². The van der Waals surface area contributed by atoms with Crippen molar-refractivity contribution in [1.82, 2.24) is 0 Å². The Kier molecular flexibility index (Phi) is 5.93. The third-order valence-corrected chi connectivity index (χ3v) is 3.78. The van der Waals surface area contributed by atoms with Crippen molar-refractivity contribution in [2.75, 3.05) is 21.3 Å². The molecule has 0 aliphatic carbocycles. The molecule has 0 aromatic heterocycles. The van der Waals surface area contributed by atoms with Gasteiger partial charge in [0, 0.05) is 5.02 Å². The number of methoxy groups -OCH3 is 3. The summed E-state index contributed by atoms with van der Waals surface area (Å²) in [5.41, 5.74) is 1.16. The molecule has 0 fully saturated rings. The summed E-state index contributed by atoms with van der Waals surface area (Å²) in [5.74, 6) is 0.713. The summed E-state index contributed by atoms with van der Waals surface area (Å²) in [6, 6.07) is 10.2. The number of halogens is 1. The summed E-state index contributed by atoms with van der Waals surface area (Å²) in [4.78, 5) is 12.4. The lowest BCUT2D eigenvalue weighted by Crippen LogP contribution is -2.10. The average molecular weight is 351 g/mol. The van der Waals surface area contributed by atoms with Crippen LogP contribution in [-0.4, -0.2) is 27.3 Å². The molecule has 5 nitrogen and oxygen atoms in total. The maximum absolute atomic E-state index is 12.4. The van der Waals surface area contributed by atoms with Gasteiger partial charge in [-0.3, -0.25) is 0 Å². The Morgan fingerprint density at radius 3 is 1.96 bits per heavy atom. The number of carbonyl (C=O) groups excluding carboxylic acids is 1. The second-order valence-corrected chi connectivity index (χ2v) is 5.45. The van der Waals surface area contributed by atoms with Crippen LogP contribution in [0.4, 0.5) is 0 Å². The van der Waals surface area contributed by atoms with Gasteiger partial charge in [-0.1, -0.05) is 23.7 Å². The van der Waals surface area contributed by atoms with Gasteiger partial charge in [-0.15, -0.1) is 0 Å². The second kappa shape index (κ2) is 7.93. The minimum atomic E-state index is -0.489. The standard InChI is InChI=1S/C18H19ClO5/c1-11(12-5-7-14(19)8-6-12)24-18(20)13-9-15(21-2)17(23-4)16(10-13)22-3/h5-11H,1-4H3. The monoisotopic (exact) mass is 350 g/mol. The number of ether oxygens (including phenoxy) is 4. The zero-order valence-electron chi connectivity index (χ0n) is 14.0. The first-order chi connectivity index (χ1) is 11.5. The van der Waals surface area contributed by atoms with Crippen molar-refractivity contribution in [3.63, 3.8) is 0 Å². The van der Waals surface area contributed by atoms with Crippen LogP contribution in [-0.2, 0) is 4.74 Å². The van der Waals surface area contributed by atoms with Gasteiger partial charge in [-0.2, -0.15) is 0 Å². The lowest BCUT2D eigenvalue weighted by molar-refractivity contribution is 0.0337. The highest BCUT2D eigenvalue weighted by atomic mass is 35.5. The number of esters is 1. The van der Waals surface area contributed by atoms with Crippen LogP contribution in [0, 0.1) is 0 Å². The zero-order valence-corrected chi connectivity index (χ0v) is 14.7. The van der Waals surface area contributed by atoms with E-state index in [2.05, 4.69) is 0 Å². The molecule has 0 heterocycles. The molecule has 24 heavy (non-hydrogen) atoms. The minimum absolute atomic E-state index is 0.310. The van der Waals surface area contributed by atoms with Crippen molar-refractivity contribution < 1.29 is 23.7 Å². The van der Waals surface area contributed by atoms with Gasteiger partial charge in [-0.05, 0) is 36.8 Å². The van der Waals surface area contributed by atoms with E-state index in [9.17, 15) is 4.79 Å². The SMILES string of the molecule is COc1cc(C(=O)OC(C)c2ccc(Cl)cc2)cc(OC)c1OC. The first-order valence-electron chi connectivity index (χ1n) is 7.26. The van der Waals surface area contributed by atoms with E-state index >= 15 is 0 Å². The van der Waals surface area contributed by atoms with E-state index in [-0.39, 0.29) is 0 Å². The lowest BCUT2D eigenvalue weighted by Gasteiger charge is -2.16. The first kappa shape index (κ1) is 17.9. The third kappa shape index (κ3) is 3.92. The maximum Gasteiger partial charge on any atom is 0.339 e. The van der Waals surface area contributed by atoms with Gasteiger partial charge in [0.25, 0.3) is 0 Å². The van der Waals surface area contributed by atoms with Crippen LogP contribution in [0.5, 0.6) is 17.2 Å². The average Bonchev–Trinajstić information content (AvgIpc) is 2.60. The Hall–Kier alpha value is -2.40. The lowest BCUT2D eigenvalue weighted by atomic mass is 10.1. The summed E-state index contributed by atoms with van der Waals surface area (Å²) in [5, 5.41) is 0.627. The molecule has 2 aromatic carbocycles. The van der Waals surface area contributed by atoms with E-state index in [1.165, 1.54) is 21.3 Å². The Morgan fingerprint density at radius 2 is 1.50 bits per heavy atom. The highest BCUT2D eigenvalue weighted by Gasteiger charge is 2.20. The van der Waals surface area contributed by atoms with Gasteiger partial charge in [0.2, 0.25) is 5.75 Å². The van der Waals surface area contributed by atoms with Crippen LogP contribution in [0.2, 0.25) is 5.02 Å². The quantitative estimate of drug-likeness (QED) is 0.728. The van der Waals surface area contributed by atoms with Crippen LogP contribution in [0.3, 0.4) is 0 Å². The highest BCUT2D eigenvalue weighted by molar-refractivity contribution is 6.30. The van der Waals surface area contributed by atoms with Crippen molar-refractivity contribution in [3.05, 3.63) is 52.5 Å². The zero-order chi connectivity index (χ0) is 17.7. The molecule has 2 aromatic rings. The first-order valence-corrected chi connectivity index (χ1v) is 7.64. The molecular weight excluding hydrogens is 332 g/mol. The van der Waals surface area contributed by atoms with Gasteiger partial charge < -0.3 is 18.9 Å². The van der Waals surface area contributed by atoms with Crippen molar-refractivity contribution in [1.29, 1.82) is 0 Å². The molecule has 0 N–H and O–H groups in total. The third-order valence-electron chi connectivity index (χ3n) is 3.52. The number of rotatable bonds is 6. The summed E-state index contributed by atoms with van der Waals surface area (Å²) >= 11 is 5.87. The summed E-state index contributed by atoms with van der Waals surface area (Å²) in [6.45, 7) is 1.79. The molecule has 0 radical (unpaired) electrons. The fraction of sp³-hybridized carbons (Fsp3) is 0.278. The molecule has 128 valence electrons. The number of hydrogen-bond donors (Lipinski definition) is 0. The van der Waals surface area contributed by atoms with Crippen LogP contribution < -0.4 is 14.2 Å². The van der Waals surface area contributed by atoms with E-state index in [0.29, 0.717) is 27.8 Å². The topological polar surface area (TPSA) is 54.0 Å². The molecule has 0 spiro atoms. The van der Waals surface area contributed by atoms with Gasteiger partial charge in [0.1, 0.15) is 6.10 Å². The predicted molar refractivity (Wildman–Crippen MR) is 91.4 cm³/mol. The number of carbonyl (C=O) groups is 1. The van der Waals surface area contributed by atoms with E-state index in [0.717, 1.165) is 5.56 Å². The van der Waals surface area contributed by atoms with E-state index < -0.39 is 12.1 Å². The largest absolute Gasteiger partial charge is 0.493 e. The van der Waals surface area contributed by atoms with Crippen LogP contribution in [0.25, 0.3) is 0 Å². The van der Waals surface area contributed by atoms with Crippen LogP contribution in [0.1, 0.15) is 28.9 Å². The molecule has 0 aliphatic rings. The summed E-state index contributed by atoms with van der Waals surface area (Å²) in [6.07, 6.45) is -0.422. The van der Waals surface area contributed by atoms with Crippen molar-refractivity contribution >= 4 is 17.6 Å². The molecule has 1 unspecified atom stereocenters. The molecule has 2 rings (SSSR count). The summed E-state index contributed by atoms with van der Waals surface area (Å²) in [7, 11) is 4.48. The normalized spacial score (nSPS) is 11.5. The fourth-order valence-electron chi connectivity index (χ4n) is 2.23. The molecule has 0 amide bonds. The molecule has 0 saturated heterocycles. The van der Waals surface area contributed by atoms with Crippen molar-refractivity contribution in [3.8, 4) is 17.2 Å². The molecule has 0 saturated carbocycles. The molecule has 0 aliphatic heterocycles. The Morgan fingerprint density at radius 1 is 0.958 bits per heavy atom. The second-order valence-electron chi connectivity index (χ2n) is 5.01. The van der Waals surface area contributed by atoms with Gasteiger partial charge >= 0.3 is 5.97 Å². The molecular formula is C18H19ClO5. The number of hydrogen-bond acceptors (Lipinski definition) is 5. The highest BCUT2D eigenvalue weighted by Crippen LogP contribution is 2.38. The van der Waals surface area contributed by atoms with Gasteiger partial charge in [0.15, 0.2) is 11.5 Å². The fourth-order valence-corrected chi connectivity index (χ4v) is 2.36. The summed E-state index contributed by atoms with van der Waals surface area (Å²) < 4.78 is 21.2. The van der Waals surface area contributed by atoms with E-state index in [1.54, 1.807) is 31.2 Å². The van der Waals surface area contributed by atoms with Gasteiger partial charge in [0.05, 0.1) is 26.9 Å². The van der Waals surface area contributed by atoms with Crippen molar-refractivity contribution in [2.24, 2.45) is 0 Å². The Bertz CT molecular complexity index is 687. The molecule has 0 bridgehead atoms. The smallest absolute Gasteiger partial charge is 0.339 e. The van der Waals surface area contributed by atoms with Crippen molar-refractivity contribution in [2.45, 2.75) is 13.0 Å². The predicted octanol–water partition coefficient (Wildman–Crippen LogP) is 4.28. The van der Waals surface area contributed by atoms with Gasteiger partial charge in [-0.25, -0.2) is 4.79 Å². The molecule has 6 heteroatoms.